The number of fused-ring (bicyclic) bond motifs is 1. The Hall–Kier alpha value is -1.38. The highest BCUT2D eigenvalue weighted by Gasteiger charge is 2.19. The highest BCUT2D eigenvalue weighted by molar-refractivity contribution is 5.73. The summed E-state index contributed by atoms with van der Waals surface area (Å²) in [5.74, 6) is 1.64. The monoisotopic (exact) mass is 187 g/mol. The van der Waals surface area contributed by atoms with E-state index in [2.05, 4.69) is 15.0 Å². The van der Waals surface area contributed by atoms with E-state index < -0.39 is 0 Å². The Kier molecular flexibility index (Phi) is 1.76. The lowest BCUT2D eigenvalue weighted by atomic mass is 10.1. The summed E-state index contributed by atoms with van der Waals surface area (Å²) in [6, 6.07) is 2.01. The van der Waals surface area contributed by atoms with E-state index in [4.69, 9.17) is 0 Å². The van der Waals surface area contributed by atoms with Gasteiger partial charge in [-0.2, -0.15) is 0 Å². The molecular weight excluding hydrogens is 174 g/mol. The van der Waals surface area contributed by atoms with Crippen molar-refractivity contribution in [2.75, 3.05) is 0 Å². The molecule has 0 unspecified atom stereocenters. The fourth-order valence-electron chi connectivity index (χ4n) is 2.24. The first-order valence-corrected chi connectivity index (χ1v) is 5.23. The van der Waals surface area contributed by atoms with Crippen molar-refractivity contribution < 1.29 is 0 Å². The van der Waals surface area contributed by atoms with Gasteiger partial charge in [-0.3, -0.25) is 0 Å². The molecule has 1 aliphatic carbocycles. The zero-order valence-electron chi connectivity index (χ0n) is 8.03. The minimum Gasteiger partial charge on any atom is -0.359 e. The minimum absolute atomic E-state index is 0.606. The Labute approximate surface area is 82.6 Å². The van der Waals surface area contributed by atoms with Gasteiger partial charge in [0.05, 0.1) is 17.2 Å². The molecule has 0 spiro atoms. The van der Waals surface area contributed by atoms with Gasteiger partial charge in [0, 0.05) is 12.1 Å². The van der Waals surface area contributed by atoms with Crippen LogP contribution in [0.3, 0.4) is 0 Å². The maximum absolute atomic E-state index is 4.57. The standard InChI is InChI=1S/C11H13N3/c1-2-4-8(3-1)11-13-7-10-9(14-11)5-6-12-10/h5-8,12H,1-4H2. The lowest BCUT2D eigenvalue weighted by Gasteiger charge is -2.05. The molecule has 2 aromatic rings. The Morgan fingerprint density at radius 1 is 1.29 bits per heavy atom. The number of hydrogen-bond donors (Lipinski definition) is 1. The second-order valence-electron chi connectivity index (χ2n) is 3.99. The van der Waals surface area contributed by atoms with Crippen LogP contribution in [0.1, 0.15) is 37.4 Å². The van der Waals surface area contributed by atoms with Crippen molar-refractivity contribution in [3.63, 3.8) is 0 Å². The summed E-state index contributed by atoms with van der Waals surface area (Å²) in [6.45, 7) is 0. The van der Waals surface area contributed by atoms with Gasteiger partial charge in [-0.05, 0) is 18.9 Å². The van der Waals surface area contributed by atoms with Crippen molar-refractivity contribution in [3.8, 4) is 0 Å². The topological polar surface area (TPSA) is 41.6 Å². The smallest absolute Gasteiger partial charge is 0.132 e. The van der Waals surface area contributed by atoms with Crippen molar-refractivity contribution in [1.29, 1.82) is 0 Å². The Bertz CT molecular complexity index is 440. The van der Waals surface area contributed by atoms with E-state index in [1.54, 1.807) is 0 Å². The van der Waals surface area contributed by atoms with Gasteiger partial charge in [-0.1, -0.05) is 12.8 Å². The van der Waals surface area contributed by atoms with Crippen molar-refractivity contribution in [2.24, 2.45) is 0 Å². The number of nitrogens with zero attached hydrogens (tertiary/aromatic N) is 2. The molecule has 0 saturated heterocycles. The number of aromatic nitrogens is 3. The maximum Gasteiger partial charge on any atom is 0.132 e. The molecule has 0 aromatic carbocycles. The molecule has 72 valence electrons. The molecule has 0 atom stereocenters. The third-order valence-electron chi connectivity index (χ3n) is 3.04. The van der Waals surface area contributed by atoms with Crippen molar-refractivity contribution in [3.05, 3.63) is 24.3 Å². The van der Waals surface area contributed by atoms with Gasteiger partial charge in [0.1, 0.15) is 5.82 Å². The Morgan fingerprint density at radius 2 is 2.14 bits per heavy atom. The fourth-order valence-corrected chi connectivity index (χ4v) is 2.24. The average Bonchev–Trinajstić information content (AvgIpc) is 2.88. The molecule has 14 heavy (non-hydrogen) atoms. The van der Waals surface area contributed by atoms with Gasteiger partial charge in [0.2, 0.25) is 0 Å². The number of nitrogens with one attached hydrogen (secondary N) is 1. The van der Waals surface area contributed by atoms with Gasteiger partial charge >= 0.3 is 0 Å². The first kappa shape index (κ1) is 7.97. The van der Waals surface area contributed by atoms with Gasteiger partial charge in [-0.25, -0.2) is 9.97 Å². The van der Waals surface area contributed by atoms with Crippen LogP contribution in [0.5, 0.6) is 0 Å². The predicted octanol–water partition coefficient (Wildman–Crippen LogP) is 2.62. The van der Waals surface area contributed by atoms with E-state index in [9.17, 15) is 0 Å². The lowest BCUT2D eigenvalue weighted by molar-refractivity contribution is 0.672. The first-order chi connectivity index (χ1) is 6.93. The number of aromatic amines is 1. The SMILES string of the molecule is c1cc2nc(C3CCCC3)ncc2[nH]1. The molecule has 3 heteroatoms. The van der Waals surface area contributed by atoms with Crippen molar-refractivity contribution in [1.82, 2.24) is 15.0 Å². The van der Waals surface area contributed by atoms with Gasteiger partial charge in [0.25, 0.3) is 0 Å². The largest absolute Gasteiger partial charge is 0.359 e. The molecule has 1 saturated carbocycles. The normalized spacial score (nSPS) is 18.0. The van der Waals surface area contributed by atoms with Crippen LogP contribution in [0.15, 0.2) is 18.5 Å². The zero-order chi connectivity index (χ0) is 9.38. The number of hydrogen-bond acceptors (Lipinski definition) is 2. The average molecular weight is 187 g/mol. The van der Waals surface area contributed by atoms with E-state index >= 15 is 0 Å². The molecule has 2 heterocycles. The van der Waals surface area contributed by atoms with E-state index in [0.717, 1.165) is 16.9 Å². The third-order valence-corrected chi connectivity index (χ3v) is 3.04. The van der Waals surface area contributed by atoms with Gasteiger partial charge in [0.15, 0.2) is 0 Å². The van der Waals surface area contributed by atoms with E-state index in [1.807, 2.05) is 18.5 Å². The summed E-state index contributed by atoms with van der Waals surface area (Å²) in [5, 5.41) is 0. The van der Waals surface area contributed by atoms with Gasteiger partial charge < -0.3 is 4.98 Å². The van der Waals surface area contributed by atoms with Crippen molar-refractivity contribution >= 4 is 11.0 Å². The lowest BCUT2D eigenvalue weighted by Crippen LogP contribution is -1.99. The maximum atomic E-state index is 4.57. The number of H-pyrrole nitrogens is 1. The van der Waals surface area contributed by atoms with Crippen LogP contribution in [0.2, 0.25) is 0 Å². The fraction of sp³-hybridized carbons (Fsp3) is 0.455. The second kappa shape index (κ2) is 3.08. The molecule has 3 rings (SSSR count). The van der Waals surface area contributed by atoms with E-state index in [1.165, 1.54) is 25.7 Å². The first-order valence-electron chi connectivity index (χ1n) is 5.23. The summed E-state index contributed by atoms with van der Waals surface area (Å²) in [7, 11) is 0. The Balaban J connectivity index is 2.04. The molecule has 0 radical (unpaired) electrons. The summed E-state index contributed by atoms with van der Waals surface area (Å²) in [4.78, 5) is 12.1. The molecule has 1 fully saturated rings. The van der Waals surface area contributed by atoms with Crippen LogP contribution in [-0.4, -0.2) is 15.0 Å². The highest BCUT2D eigenvalue weighted by Crippen LogP contribution is 2.32. The summed E-state index contributed by atoms with van der Waals surface area (Å²) < 4.78 is 0. The molecule has 1 N–H and O–H groups in total. The molecule has 1 aliphatic rings. The van der Waals surface area contributed by atoms with Gasteiger partial charge in [-0.15, -0.1) is 0 Å². The highest BCUT2D eigenvalue weighted by atomic mass is 14.9. The molecule has 3 nitrogen and oxygen atoms in total. The van der Waals surface area contributed by atoms with Crippen LogP contribution in [0.4, 0.5) is 0 Å². The van der Waals surface area contributed by atoms with Crippen LogP contribution in [-0.2, 0) is 0 Å². The van der Waals surface area contributed by atoms with E-state index in [0.29, 0.717) is 5.92 Å². The third kappa shape index (κ3) is 1.20. The second-order valence-corrected chi connectivity index (χ2v) is 3.99. The molecule has 0 bridgehead atoms. The summed E-state index contributed by atoms with van der Waals surface area (Å²) in [6.07, 6.45) is 9.00. The van der Waals surface area contributed by atoms with Crippen LogP contribution in [0, 0.1) is 0 Å². The quantitative estimate of drug-likeness (QED) is 0.745. The molecule has 0 aliphatic heterocycles. The van der Waals surface area contributed by atoms with Crippen LogP contribution in [0.25, 0.3) is 11.0 Å². The Morgan fingerprint density at radius 3 is 3.00 bits per heavy atom. The van der Waals surface area contributed by atoms with Crippen LogP contribution >= 0.6 is 0 Å². The molecular formula is C11H13N3. The molecule has 2 aromatic heterocycles. The van der Waals surface area contributed by atoms with Crippen molar-refractivity contribution in [2.45, 2.75) is 31.6 Å². The predicted molar refractivity (Wildman–Crippen MR) is 55.1 cm³/mol. The summed E-state index contributed by atoms with van der Waals surface area (Å²) in [5.41, 5.74) is 2.08. The van der Waals surface area contributed by atoms with E-state index in [-0.39, 0.29) is 0 Å². The summed E-state index contributed by atoms with van der Waals surface area (Å²) >= 11 is 0. The minimum atomic E-state index is 0.606. The zero-order valence-corrected chi connectivity index (χ0v) is 8.03. The molecule has 0 amide bonds. The number of rotatable bonds is 1. The van der Waals surface area contributed by atoms with Crippen LogP contribution < -0.4 is 0 Å².